The van der Waals surface area contributed by atoms with Crippen LogP contribution >= 0.6 is 0 Å². The molecule has 0 spiro atoms. The molecule has 0 aromatic carbocycles. The SMILES string of the molecule is CCOCC(=O)Nc1cccc(C)n1. The van der Waals surface area contributed by atoms with E-state index >= 15 is 0 Å². The molecule has 1 rings (SSSR count). The number of hydrogen-bond donors (Lipinski definition) is 1. The Morgan fingerprint density at radius 1 is 1.57 bits per heavy atom. The summed E-state index contributed by atoms with van der Waals surface area (Å²) in [7, 11) is 0. The predicted molar refractivity (Wildman–Crippen MR) is 54.1 cm³/mol. The highest BCUT2D eigenvalue weighted by Gasteiger charge is 2.02. The minimum Gasteiger partial charge on any atom is -0.372 e. The van der Waals surface area contributed by atoms with E-state index in [0.29, 0.717) is 12.4 Å². The lowest BCUT2D eigenvalue weighted by atomic mass is 10.4. The zero-order valence-corrected chi connectivity index (χ0v) is 8.41. The molecule has 14 heavy (non-hydrogen) atoms. The van der Waals surface area contributed by atoms with E-state index in [-0.39, 0.29) is 12.5 Å². The highest BCUT2D eigenvalue weighted by molar-refractivity contribution is 5.90. The van der Waals surface area contributed by atoms with Gasteiger partial charge < -0.3 is 10.1 Å². The highest BCUT2D eigenvalue weighted by atomic mass is 16.5. The Hall–Kier alpha value is -1.42. The molecule has 0 aliphatic rings. The summed E-state index contributed by atoms with van der Waals surface area (Å²) >= 11 is 0. The van der Waals surface area contributed by atoms with Crippen molar-refractivity contribution in [2.24, 2.45) is 0 Å². The summed E-state index contributed by atoms with van der Waals surface area (Å²) < 4.78 is 4.96. The van der Waals surface area contributed by atoms with Gasteiger partial charge in [-0.1, -0.05) is 6.07 Å². The summed E-state index contributed by atoms with van der Waals surface area (Å²) in [5, 5.41) is 2.64. The number of aromatic nitrogens is 1. The highest BCUT2D eigenvalue weighted by Crippen LogP contribution is 2.03. The quantitative estimate of drug-likeness (QED) is 0.787. The molecule has 0 aliphatic heterocycles. The molecule has 0 atom stereocenters. The van der Waals surface area contributed by atoms with Crippen LogP contribution in [-0.4, -0.2) is 24.1 Å². The Morgan fingerprint density at radius 2 is 2.36 bits per heavy atom. The van der Waals surface area contributed by atoms with E-state index in [1.165, 1.54) is 0 Å². The summed E-state index contributed by atoms with van der Waals surface area (Å²) in [6.07, 6.45) is 0. The Kier molecular flexibility index (Phi) is 4.07. The Morgan fingerprint density at radius 3 is 3.00 bits per heavy atom. The second-order valence-corrected chi connectivity index (χ2v) is 2.85. The van der Waals surface area contributed by atoms with Gasteiger partial charge in [-0.2, -0.15) is 0 Å². The van der Waals surface area contributed by atoms with Crippen molar-refractivity contribution in [2.75, 3.05) is 18.5 Å². The van der Waals surface area contributed by atoms with Crippen LogP contribution < -0.4 is 5.32 Å². The van der Waals surface area contributed by atoms with Crippen molar-refractivity contribution in [3.8, 4) is 0 Å². The summed E-state index contributed by atoms with van der Waals surface area (Å²) in [4.78, 5) is 15.3. The van der Waals surface area contributed by atoms with E-state index in [2.05, 4.69) is 10.3 Å². The monoisotopic (exact) mass is 194 g/mol. The number of hydrogen-bond acceptors (Lipinski definition) is 3. The van der Waals surface area contributed by atoms with Crippen LogP contribution in [0.1, 0.15) is 12.6 Å². The van der Waals surface area contributed by atoms with Gasteiger partial charge in [0.15, 0.2) is 0 Å². The standard InChI is InChI=1S/C10H14N2O2/c1-3-14-7-10(13)12-9-6-4-5-8(2)11-9/h4-6H,3,7H2,1-2H3,(H,11,12,13). The van der Waals surface area contributed by atoms with Gasteiger partial charge in [-0.3, -0.25) is 4.79 Å². The van der Waals surface area contributed by atoms with Crippen molar-refractivity contribution in [1.29, 1.82) is 0 Å². The molecular formula is C10H14N2O2. The molecule has 1 amide bonds. The van der Waals surface area contributed by atoms with Gasteiger partial charge in [-0.25, -0.2) is 4.98 Å². The first-order valence-electron chi connectivity index (χ1n) is 4.53. The fourth-order valence-electron chi connectivity index (χ4n) is 0.986. The lowest BCUT2D eigenvalue weighted by Crippen LogP contribution is -2.18. The van der Waals surface area contributed by atoms with Crippen LogP contribution in [0.3, 0.4) is 0 Å². The molecule has 1 aromatic rings. The normalized spacial score (nSPS) is 9.86. The molecule has 0 saturated heterocycles. The van der Waals surface area contributed by atoms with Gasteiger partial charge in [0.05, 0.1) is 0 Å². The molecule has 0 unspecified atom stereocenters. The zero-order valence-electron chi connectivity index (χ0n) is 8.41. The first kappa shape index (κ1) is 10.7. The summed E-state index contributed by atoms with van der Waals surface area (Å²) in [5.74, 6) is 0.389. The Bertz CT molecular complexity index is 313. The van der Waals surface area contributed by atoms with Crippen LogP contribution in [0.15, 0.2) is 18.2 Å². The van der Waals surface area contributed by atoms with E-state index in [1.807, 2.05) is 26.0 Å². The lowest BCUT2D eigenvalue weighted by Gasteiger charge is -2.04. The summed E-state index contributed by atoms with van der Waals surface area (Å²) in [6.45, 7) is 4.33. The number of amides is 1. The molecule has 4 heteroatoms. The van der Waals surface area contributed by atoms with Crippen molar-refractivity contribution in [3.05, 3.63) is 23.9 Å². The minimum atomic E-state index is -0.176. The maximum Gasteiger partial charge on any atom is 0.251 e. The smallest absolute Gasteiger partial charge is 0.251 e. The Balaban J connectivity index is 2.47. The van der Waals surface area contributed by atoms with Crippen molar-refractivity contribution < 1.29 is 9.53 Å². The summed E-state index contributed by atoms with van der Waals surface area (Å²) in [6, 6.07) is 5.47. The molecule has 76 valence electrons. The third-order valence-electron chi connectivity index (χ3n) is 1.59. The third-order valence-corrected chi connectivity index (χ3v) is 1.59. The molecule has 0 saturated carbocycles. The van der Waals surface area contributed by atoms with Gasteiger partial charge in [0.2, 0.25) is 0 Å². The lowest BCUT2D eigenvalue weighted by molar-refractivity contribution is -0.120. The second kappa shape index (κ2) is 5.34. The van der Waals surface area contributed by atoms with E-state index in [4.69, 9.17) is 4.74 Å². The molecule has 1 heterocycles. The van der Waals surface area contributed by atoms with Crippen molar-refractivity contribution in [1.82, 2.24) is 4.98 Å². The molecule has 0 aliphatic carbocycles. The number of carbonyl (C=O) groups excluding carboxylic acids is 1. The molecule has 1 aromatic heterocycles. The topological polar surface area (TPSA) is 51.2 Å². The van der Waals surface area contributed by atoms with Crippen LogP contribution in [-0.2, 0) is 9.53 Å². The van der Waals surface area contributed by atoms with Gasteiger partial charge in [-0.15, -0.1) is 0 Å². The van der Waals surface area contributed by atoms with Crippen molar-refractivity contribution in [2.45, 2.75) is 13.8 Å². The Labute approximate surface area is 83.3 Å². The number of nitrogens with one attached hydrogen (secondary N) is 1. The fraction of sp³-hybridized carbons (Fsp3) is 0.400. The van der Waals surface area contributed by atoms with E-state index < -0.39 is 0 Å². The van der Waals surface area contributed by atoms with E-state index in [9.17, 15) is 4.79 Å². The van der Waals surface area contributed by atoms with E-state index in [0.717, 1.165) is 5.69 Å². The number of aryl methyl sites for hydroxylation is 1. The average molecular weight is 194 g/mol. The second-order valence-electron chi connectivity index (χ2n) is 2.85. The van der Waals surface area contributed by atoms with Gasteiger partial charge >= 0.3 is 0 Å². The maximum absolute atomic E-state index is 11.2. The van der Waals surface area contributed by atoms with Gasteiger partial charge in [0.1, 0.15) is 12.4 Å². The molecule has 0 bridgehead atoms. The number of pyridine rings is 1. The minimum absolute atomic E-state index is 0.0755. The van der Waals surface area contributed by atoms with Gasteiger partial charge in [0, 0.05) is 12.3 Å². The van der Waals surface area contributed by atoms with Crippen LogP contribution in [0.5, 0.6) is 0 Å². The number of ether oxygens (including phenoxy) is 1. The van der Waals surface area contributed by atoms with Crippen molar-refractivity contribution in [3.63, 3.8) is 0 Å². The molecule has 0 radical (unpaired) electrons. The van der Waals surface area contributed by atoms with Gasteiger partial charge in [-0.05, 0) is 26.0 Å². The predicted octanol–water partition coefficient (Wildman–Crippen LogP) is 1.37. The largest absolute Gasteiger partial charge is 0.372 e. The average Bonchev–Trinajstić information content (AvgIpc) is 2.15. The van der Waals surface area contributed by atoms with Crippen LogP contribution in [0, 0.1) is 6.92 Å². The maximum atomic E-state index is 11.2. The first-order chi connectivity index (χ1) is 6.72. The first-order valence-corrected chi connectivity index (χ1v) is 4.53. The zero-order chi connectivity index (χ0) is 10.4. The number of nitrogens with zero attached hydrogens (tertiary/aromatic N) is 1. The number of anilines is 1. The molecular weight excluding hydrogens is 180 g/mol. The van der Waals surface area contributed by atoms with Crippen LogP contribution in [0.2, 0.25) is 0 Å². The molecule has 1 N–H and O–H groups in total. The fourth-order valence-corrected chi connectivity index (χ4v) is 0.986. The van der Waals surface area contributed by atoms with Crippen LogP contribution in [0.25, 0.3) is 0 Å². The number of carbonyl (C=O) groups is 1. The van der Waals surface area contributed by atoms with Crippen molar-refractivity contribution >= 4 is 11.7 Å². The molecule has 0 fully saturated rings. The van der Waals surface area contributed by atoms with Gasteiger partial charge in [0.25, 0.3) is 5.91 Å². The summed E-state index contributed by atoms with van der Waals surface area (Å²) in [5.41, 5.74) is 0.874. The molecule has 4 nitrogen and oxygen atoms in total. The number of rotatable bonds is 4. The third kappa shape index (κ3) is 3.53. The van der Waals surface area contributed by atoms with E-state index in [1.54, 1.807) is 6.07 Å². The van der Waals surface area contributed by atoms with Crippen LogP contribution in [0.4, 0.5) is 5.82 Å².